The Balaban J connectivity index is 1.93. The standard InChI is InChI=1S/C15H10Br2N2O2S/c1-7-4-9(13(20)10(17)5-7)14(21)19-15-18-11-3-2-8(16)6-12(11)22-15/h2-6,20H,1H3,(H,18,19,21). The van der Waals surface area contributed by atoms with Crippen molar-refractivity contribution in [2.24, 2.45) is 0 Å². The van der Waals surface area contributed by atoms with Crippen LogP contribution >= 0.6 is 43.2 Å². The SMILES string of the molecule is Cc1cc(Br)c(O)c(C(=O)Nc2nc3ccc(Br)cc3s2)c1. The summed E-state index contributed by atoms with van der Waals surface area (Å²) < 4.78 is 2.42. The van der Waals surface area contributed by atoms with Crippen LogP contribution in [0.15, 0.2) is 39.3 Å². The zero-order valence-electron chi connectivity index (χ0n) is 11.4. The van der Waals surface area contributed by atoms with E-state index in [0.717, 1.165) is 20.3 Å². The number of aromatic hydroxyl groups is 1. The maximum absolute atomic E-state index is 12.3. The minimum absolute atomic E-state index is 0.0769. The molecule has 3 aromatic rings. The van der Waals surface area contributed by atoms with Crippen molar-refractivity contribution in [1.29, 1.82) is 0 Å². The van der Waals surface area contributed by atoms with E-state index in [0.29, 0.717) is 9.60 Å². The highest BCUT2D eigenvalue weighted by molar-refractivity contribution is 9.10. The highest BCUT2D eigenvalue weighted by atomic mass is 79.9. The number of anilines is 1. The number of amides is 1. The van der Waals surface area contributed by atoms with Crippen LogP contribution in [-0.4, -0.2) is 16.0 Å². The third-order valence-corrected chi connectivity index (χ3v) is 5.05. The van der Waals surface area contributed by atoms with Gasteiger partial charge in [-0.1, -0.05) is 27.3 Å². The number of carbonyl (C=O) groups is 1. The molecule has 1 amide bonds. The molecule has 7 heteroatoms. The van der Waals surface area contributed by atoms with Crippen LogP contribution in [-0.2, 0) is 0 Å². The topological polar surface area (TPSA) is 62.2 Å². The number of fused-ring (bicyclic) bond motifs is 1. The van der Waals surface area contributed by atoms with Crippen molar-refractivity contribution in [2.75, 3.05) is 5.32 Å². The van der Waals surface area contributed by atoms with Crippen LogP contribution in [0.5, 0.6) is 5.75 Å². The fraction of sp³-hybridized carbons (Fsp3) is 0.0667. The number of carbonyl (C=O) groups excluding carboxylic acids is 1. The number of phenols is 1. The Labute approximate surface area is 147 Å². The van der Waals surface area contributed by atoms with Gasteiger partial charge in [0.2, 0.25) is 0 Å². The second kappa shape index (κ2) is 5.98. The van der Waals surface area contributed by atoms with E-state index >= 15 is 0 Å². The molecule has 1 aromatic heterocycles. The minimum Gasteiger partial charge on any atom is -0.506 e. The first-order valence-corrected chi connectivity index (χ1v) is 8.71. The zero-order chi connectivity index (χ0) is 15.9. The number of halogens is 2. The van der Waals surface area contributed by atoms with Gasteiger partial charge >= 0.3 is 0 Å². The van der Waals surface area contributed by atoms with E-state index in [1.165, 1.54) is 11.3 Å². The third kappa shape index (κ3) is 3.02. The fourth-order valence-electron chi connectivity index (χ4n) is 2.02. The number of thiazole rings is 1. The molecule has 0 unspecified atom stereocenters. The number of aromatic nitrogens is 1. The number of rotatable bonds is 2. The quantitative estimate of drug-likeness (QED) is 0.582. The molecular weight excluding hydrogens is 432 g/mol. The summed E-state index contributed by atoms with van der Waals surface area (Å²) in [5.41, 5.74) is 1.91. The summed E-state index contributed by atoms with van der Waals surface area (Å²) >= 11 is 8.03. The average Bonchev–Trinajstić information content (AvgIpc) is 2.83. The van der Waals surface area contributed by atoms with E-state index in [1.807, 2.05) is 25.1 Å². The van der Waals surface area contributed by atoms with Gasteiger partial charge in [-0.3, -0.25) is 10.1 Å². The Morgan fingerprint density at radius 3 is 2.82 bits per heavy atom. The number of aryl methyl sites for hydroxylation is 1. The Kier molecular flexibility index (Phi) is 4.20. The maximum atomic E-state index is 12.3. The largest absolute Gasteiger partial charge is 0.506 e. The van der Waals surface area contributed by atoms with Crippen molar-refractivity contribution in [3.8, 4) is 5.75 Å². The second-order valence-corrected chi connectivity index (χ2v) is 7.53. The average molecular weight is 442 g/mol. The number of nitrogens with zero attached hydrogens (tertiary/aromatic N) is 1. The van der Waals surface area contributed by atoms with E-state index in [1.54, 1.807) is 12.1 Å². The molecule has 3 rings (SSSR count). The van der Waals surface area contributed by atoms with Gasteiger partial charge in [-0.05, 0) is 58.7 Å². The molecule has 112 valence electrons. The lowest BCUT2D eigenvalue weighted by Gasteiger charge is -2.07. The number of nitrogens with one attached hydrogen (secondary N) is 1. The molecule has 0 aliphatic carbocycles. The predicted molar refractivity (Wildman–Crippen MR) is 95.8 cm³/mol. The van der Waals surface area contributed by atoms with Crippen LogP contribution < -0.4 is 5.32 Å². The molecule has 1 heterocycles. The molecule has 2 N–H and O–H groups in total. The number of hydrogen-bond acceptors (Lipinski definition) is 4. The van der Waals surface area contributed by atoms with E-state index in [9.17, 15) is 9.90 Å². The van der Waals surface area contributed by atoms with Crippen molar-refractivity contribution in [1.82, 2.24) is 4.98 Å². The van der Waals surface area contributed by atoms with Gasteiger partial charge in [0.05, 0.1) is 20.3 Å². The highest BCUT2D eigenvalue weighted by Crippen LogP contribution is 2.32. The molecule has 0 spiro atoms. The van der Waals surface area contributed by atoms with Crippen molar-refractivity contribution in [3.63, 3.8) is 0 Å². The molecule has 22 heavy (non-hydrogen) atoms. The van der Waals surface area contributed by atoms with E-state index in [2.05, 4.69) is 42.2 Å². The van der Waals surface area contributed by atoms with Crippen molar-refractivity contribution >= 4 is 64.5 Å². The second-order valence-electron chi connectivity index (χ2n) is 4.73. The maximum Gasteiger partial charge on any atom is 0.261 e. The van der Waals surface area contributed by atoms with Gasteiger partial charge in [0.1, 0.15) is 5.75 Å². The molecule has 4 nitrogen and oxygen atoms in total. The molecule has 0 saturated carbocycles. The molecule has 0 fully saturated rings. The number of benzene rings is 2. The van der Waals surface area contributed by atoms with Crippen LogP contribution in [0, 0.1) is 6.92 Å². The van der Waals surface area contributed by atoms with Gasteiger partial charge in [0.15, 0.2) is 5.13 Å². The Bertz CT molecular complexity index is 893. The van der Waals surface area contributed by atoms with Gasteiger partial charge in [0.25, 0.3) is 5.91 Å². The van der Waals surface area contributed by atoms with Crippen LogP contribution in [0.2, 0.25) is 0 Å². The lowest BCUT2D eigenvalue weighted by atomic mass is 10.1. The summed E-state index contributed by atoms with van der Waals surface area (Å²) in [6, 6.07) is 9.12. The first-order chi connectivity index (χ1) is 10.4. The summed E-state index contributed by atoms with van der Waals surface area (Å²) in [5.74, 6) is -0.466. The third-order valence-electron chi connectivity index (χ3n) is 3.02. The summed E-state index contributed by atoms with van der Waals surface area (Å²) in [7, 11) is 0. The molecule has 0 aliphatic heterocycles. The van der Waals surface area contributed by atoms with Gasteiger partial charge in [-0.25, -0.2) is 4.98 Å². The summed E-state index contributed by atoms with van der Waals surface area (Å²) in [4.78, 5) is 16.7. The van der Waals surface area contributed by atoms with Crippen LogP contribution in [0.4, 0.5) is 5.13 Å². The monoisotopic (exact) mass is 440 g/mol. The van der Waals surface area contributed by atoms with Crippen LogP contribution in [0.1, 0.15) is 15.9 Å². The smallest absolute Gasteiger partial charge is 0.261 e. The Morgan fingerprint density at radius 2 is 2.05 bits per heavy atom. The summed E-state index contributed by atoms with van der Waals surface area (Å²) in [6.07, 6.45) is 0. The number of phenolic OH excluding ortho intramolecular Hbond substituents is 1. The lowest BCUT2D eigenvalue weighted by Crippen LogP contribution is -2.12. The van der Waals surface area contributed by atoms with E-state index < -0.39 is 0 Å². The van der Waals surface area contributed by atoms with Gasteiger partial charge in [0, 0.05) is 4.47 Å². The van der Waals surface area contributed by atoms with E-state index in [-0.39, 0.29) is 17.2 Å². The Morgan fingerprint density at radius 1 is 1.27 bits per heavy atom. The summed E-state index contributed by atoms with van der Waals surface area (Å²) in [6.45, 7) is 1.86. The molecule has 0 aliphatic rings. The molecular formula is C15H10Br2N2O2S. The zero-order valence-corrected chi connectivity index (χ0v) is 15.3. The van der Waals surface area contributed by atoms with Gasteiger partial charge in [-0.15, -0.1) is 0 Å². The van der Waals surface area contributed by atoms with Gasteiger partial charge in [-0.2, -0.15) is 0 Å². The van der Waals surface area contributed by atoms with Crippen molar-refractivity contribution < 1.29 is 9.90 Å². The van der Waals surface area contributed by atoms with Gasteiger partial charge < -0.3 is 5.11 Å². The highest BCUT2D eigenvalue weighted by Gasteiger charge is 2.16. The number of hydrogen-bond donors (Lipinski definition) is 2. The predicted octanol–water partition coefficient (Wildman–Crippen LogP) is 5.09. The van der Waals surface area contributed by atoms with Crippen molar-refractivity contribution in [2.45, 2.75) is 6.92 Å². The molecule has 0 bridgehead atoms. The molecule has 0 atom stereocenters. The first-order valence-electron chi connectivity index (χ1n) is 6.30. The first kappa shape index (κ1) is 15.5. The van der Waals surface area contributed by atoms with Crippen LogP contribution in [0.25, 0.3) is 10.2 Å². The summed E-state index contributed by atoms with van der Waals surface area (Å²) in [5, 5.41) is 13.2. The Hall–Kier alpha value is -1.44. The normalized spacial score (nSPS) is 10.9. The van der Waals surface area contributed by atoms with Crippen LogP contribution in [0.3, 0.4) is 0 Å². The molecule has 0 saturated heterocycles. The lowest BCUT2D eigenvalue weighted by molar-refractivity contribution is 0.102. The fourth-order valence-corrected chi connectivity index (χ4v) is 4.01. The minimum atomic E-state index is -0.389. The van der Waals surface area contributed by atoms with E-state index in [4.69, 9.17) is 0 Å². The van der Waals surface area contributed by atoms with Crippen molar-refractivity contribution in [3.05, 3.63) is 50.4 Å². The molecule has 0 radical (unpaired) electrons. The molecule has 2 aromatic carbocycles.